The molecule has 17 heavy (non-hydrogen) atoms. The summed E-state index contributed by atoms with van der Waals surface area (Å²) in [4.78, 5) is 11.2. The molecule has 1 amide bonds. The standard InChI is InChI=1S/C10H10ClF3N2O/c11-7-2-1-6(15)5-8(7)16-9(17)3-4-10(12,13)14/h1-2,5H,3-4,15H2,(H,16,17). The molecule has 3 N–H and O–H groups in total. The third-order valence-corrected chi connectivity index (χ3v) is 2.23. The molecule has 0 radical (unpaired) electrons. The molecule has 0 saturated heterocycles. The van der Waals surface area contributed by atoms with Gasteiger partial charge in [0.1, 0.15) is 0 Å². The minimum Gasteiger partial charge on any atom is -0.399 e. The lowest BCUT2D eigenvalue weighted by atomic mass is 10.2. The Morgan fingerprint density at radius 1 is 1.41 bits per heavy atom. The Kier molecular flexibility index (Phi) is 4.22. The highest BCUT2D eigenvalue weighted by Gasteiger charge is 2.27. The second-order valence-corrected chi connectivity index (χ2v) is 3.81. The van der Waals surface area contributed by atoms with Gasteiger partial charge in [-0.1, -0.05) is 11.6 Å². The van der Waals surface area contributed by atoms with Gasteiger partial charge in [-0.2, -0.15) is 13.2 Å². The van der Waals surface area contributed by atoms with Crippen molar-refractivity contribution < 1.29 is 18.0 Å². The number of benzene rings is 1. The Morgan fingerprint density at radius 2 is 2.06 bits per heavy atom. The minimum atomic E-state index is -4.35. The summed E-state index contributed by atoms with van der Waals surface area (Å²) < 4.78 is 35.6. The molecule has 0 aliphatic rings. The lowest BCUT2D eigenvalue weighted by Gasteiger charge is -2.09. The van der Waals surface area contributed by atoms with Crippen LogP contribution in [0.3, 0.4) is 0 Å². The fourth-order valence-electron chi connectivity index (χ4n) is 1.11. The molecule has 0 unspecified atom stereocenters. The number of nitrogens with two attached hydrogens (primary N) is 1. The zero-order valence-corrected chi connectivity index (χ0v) is 9.40. The number of hydrogen-bond donors (Lipinski definition) is 2. The zero-order chi connectivity index (χ0) is 13.1. The summed E-state index contributed by atoms with van der Waals surface area (Å²) in [5.74, 6) is -0.755. The molecule has 0 heterocycles. The molecule has 1 aromatic rings. The first-order valence-electron chi connectivity index (χ1n) is 4.69. The Morgan fingerprint density at radius 3 is 2.65 bits per heavy atom. The van der Waals surface area contributed by atoms with Crippen molar-refractivity contribution in [1.29, 1.82) is 0 Å². The number of nitrogens with one attached hydrogen (secondary N) is 1. The molecule has 0 atom stereocenters. The third-order valence-electron chi connectivity index (χ3n) is 1.90. The number of nitrogen functional groups attached to an aromatic ring is 1. The number of carbonyl (C=O) groups excluding carboxylic acids is 1. The fraction of sp³-hybridized carbons (Fsp3) is 0.300. The molecule has 0 bridgehead atoms. The van der Waals surface area contributed by atoms with Crippen LogP contribution in [0.5, 0.6) is 0 Å². The first kappa shape index (κ1) is 13.6. The van der Waals surface area contributed by atoms with Gasteiger partial charge in [0.05, 0.1) is 17.1 Å². The second kappa shape index (κ2) is 5.27. The quantitative estimate of drug-likeness (QED) is 0.826. The van der Waals surface area contributed by atoms with Gasteiger partial charge in [-0.15, -0.1) is 0 Å². The van der Waals surface area contributed by atoms with Crippen molar-refractivity contribution in [2.24, 2.45) is 0 Å². The summed E-state index contributed by atoms with van der Waals surface area (Å²) in [6, 6.07) is 4.36. The third kappa shape index (κ3) is 4.95. The minimum absolute atomic E-state index is 0.207. The number of anilines is 2. The topological polar surface area (TPSA) is 55.1 Å². The predicted molar refractivity (Wildman–Crippen MR) is 59.8 cm³/mol. The van der Waals surface area contributed by atoms with E-state index in [1.165, 1.54) is 18.2 Å². The average molecular weight is 267 g/mol. The van der Waals surface area contributed by atoms with Gasteiger partial charge >= 0.3 is 6.18 Å². The summed E-state index contributed by atoms with van der Waals surface area (Å²) in [6.07, 6.45) is -6.16. The molecule has 94 valence electrons. The van der Waals surface area contributed by atoms with E-state index in [1.54, 1.807) is 0 Å². The Balaban J connectivity index is 2.59. The van der Waals surface area contributed by atoms with Crippen molar-refractivity contribution >= 4 is 28.9 Å². The summed E-state index contributed by atoms with van der Waals surface area (Å²) in [5, 5.41) is 2.49. The first-order valence-corrected chi connectivity index (χ1v) is 5.07. The van der Waals surface area contributed by atoms with Gasteiger partial charge < -0.3 is 11.1 Å². The monoisotopic (exact) mass is 266 g/mol. The van der Waals surface area contributed by atoms with E-state index < -0.39 is 24.9 Å². The van der Waals surface area contributed by atoms with Crippen LogP contribution in [-0.4, -0.2) is 12.1 Å². The first-order chi connectivity index (χ1) is 7.78. The average Bonchev–Trinajstić information content (AvgIpc) is 2.20. The van der Waals surface area contributed by atoms with E-state index in [4.69, 9.17) is 17.3 Å². The molecular formula is C10H10ClF3N2O. The highest BCUT2D eigenvalue weighted by Crippen LogP contribution is 2.25. The van der Waals surface area contributed by atoms with E-state index in [0.29, 0.717) is 5.69 Å². The Labute approximate surface area is 101 Å². The maximum absolute atomic E-state index is 11.9. The summed E-state index contributed by atoms with van der Waals surface area (Å²) >= 11 is 5.74. The van der Waals surface area contributed by atoms with E-state index in [-0.39, 0.29) is 10.7 Å². The molecule has 0 aromatic heterocycles. The van der Waals surface area contributed by atoms with Crippen molar-refractivity contribution in [3.05, 3.63) is 23.2 Å². The van der Waals surface area contributed by atoms with E-state index in [1.807, 2.05) is 0 Å². The SMILES string of the molecule is Nc1ccc(Cl)c(NC(=O)CCC(F)(F)F)c1. The largest absolute Gasteiger partial charge is 0.399 e. The number of carbonyl (C=O) groups is 1. The molecule has 3 nitrogen and oxygen atoms in total. The van der Waals surface area contributed by atoms with Gasteiger partial charge in [0, 0.05) is 12.1 Å². The van der Waals surface area contributed by atoms with Crippen LogP contribution < -0.4 is 11.1 Å². The highest BCUT2D eigenvalue weighted by molar-refractivity contribution is 6.33. The van der Waals surface area contributed by atoms with E-state index in [0.717, 1.165) is 0 Å². The Bertz CT molecular complexity index is 421. The normalized spacial score (nSPS) is 11.3. The molecule has 0 saturated carbocycles. The van der Waals surface area contributed by atoms with E-state index in [2.05, 4.69) is 5.32 Å². The molecule has 0 aliphatic carbocycles. The van der Waals surface area contributed by atoms with E-state index >= 15 is 0 Å². The number of halogens is 4. The second-order valence-electron chi connectivity index (χ2n) is 3.40. The number of amides is 1. The van der Waals surface area contributed by atoms with Crippen LogP contribution in [0.4, 0.5) is 24.5 Å². The van der Waals surface area contributed by atoms with Gasteiger partial charge in [-0.3, -0.25) is 4.79 Å². The number of alkyl halides is 3. The van der Waals surface area contributed by atoms with Crippen LogP contribution in [0.2, 0.25) is 5.02 Å². The lowest BCUT2D eigenvalue weighted by Crippen LogP contribution is -2.16. The van der Waals surface area contributed by atoms with Crippen LogP contribution >= 0.6 is 11.6 Å². The molecule has 0 fully saturated rings. The van der Waals surface area contributed by atoms with Gasteiger partial charge in [0.15, 0.2) is 0 Å². The summed E-state index contributed by atoms with van der Waals surface area (Å²) in [6.45, 7) is 0. The maximum atomic E-state index is 11.9. The summed E-state index contributed by atoms with van der Waals surface area (Å²) in [7, 11) is 0. The smallest absolute Gasteiger partial charge is 0.389 e. The number of hydrogen-bond acceptors (Lipinski definition) is 2. The van der Waals surface area contributed by atoms with Crippen molar-refractivity contribution in [2.75, 3.05) is 11.1 Å². The van der Waals surface area contributed by atoms with Crippen LogP contribution in [0.1, 0.15) is 12.8 Å². The van der Waals surface area contributed by atoms with Gasteiger partial charge in [-0.05, 0) is 18.2 Å². The van der Waals surface area contributed by atoms with Crippen LogP contribution in [-0.2, 0) is 4.79 Å². The zero-order valence-electron chi connectivity index (χ0n) is 8.64. The predicted octanol–water partition coefficient (Wildman–Crippen LogP) is 3.20. The Hall–Kier alpha value is -1.43. The van der Waals surface area contributed by atoms with Crippen molar-refractivity contribution in [1.82, 2.24) is 0 Å². The van der Waals surface area contributed by atoms with Gasteiger partial charge in [0.25, 0.3) is 0 Å². The molecule has 0 aliphatic heterocycles. The highest BCUT2D eigenvalue weighted by atomic mass is 35.5. The lowest BCUT2D eigenvalue weighted by molar-refractivity contribution is -0.142. The fourth-order valence-corrected chi connectivity index (χ4v) is 1.27. The van der Waals surface area contributed by atoms with Crippen molar-refractivity contribution in [3.8, 4) is 0 Å². The van der Waals surface area contributed by atoms with Crippen molar-refractivity contribution in [2.45, 2.75) is 19.0 Å². The molecule has 7 heteroatoms. The van der Waals surface area contributed by atoms with Crippen molar-refractivity contribution in [3.63, 3.8) is 0 Å². The molecule has 0 spiro atoms. The van der Waals surface area contributed by atoms with Crippen LogP contribution in [0.25, 0.3) is 0 Å². The number of rotatable bonds is 3. The van der Waals surface area contributed by atoms with E-state index in [9.17, 15) is 18.0 Å². The summed E-state index contributed by atoms with van der Waals surface area (Å²) in [5.41, 5.74) is 6.03. The molecule has 1 aromatic carbocycles. The van der Waals surface area contributed by atoms with Gasteiger partial charge in [0.2, 0.25) is 5.91 Å². The molecule has 1 rings (SSSR count). The maximum Gasteiger partial charge on any atom is 0.389 e. The van der Waals surface area contributed by atoms with Crippen LogP contribution in [0.15, 0.2) is 18.2 Å². The molecular weight excluding hydrogens is 257 g/mol. The van der Waals surface area contributed by atoms with Crippen LogP contribution in [0, 0.1) is 0 Å². The van der Waals surface area contributed by atoms with Gasteiger partial charge in [-0.25, -0.2) is 0 Å².